The number of carbonyl (C=O) groups excluding carboxylic acids is 1. The lowest BCUT2D eigenvalue weighted by atomic mass is 10.1. The van der Waals surface area contributed by atoms with Crippen LogP contribution in [-0.4, -0.2) is 5.97 Å². The van der Waals surface area contributed by atoms with E-state index in [1.807, 2.05) is 12.1 Å². The van der Waals surface area contributed by atoms with Crippen LogP contribution in [0.1, 0.15) is 52.6 Å². The number of carbonyl (C=O) groups is 1. The fourth-order valence-electron chi connectivity index (χ4n) is 2.91. The standard InChI is InChI=1S/C18H26O3/c1-6-7-13-8-9-14(21-13)11-20-17(19)16-15(10-12(2)3)18(16,4)5/h8-10,15-16H,6-7,11H2,1-5H3. The lowest BCUT2D eigenvalue weighted by Crippen LogP contribution is -2.10. The zero-order chi connectivity index (χ0) is 15.6. The van der Waals surface area contributed by atoms with Gasteiger partial charge in [-0.3, -0.25) is 4.79 Å². The van der Waals surface area contributed by atoms with E-state index in [9.17, 15) is 4.79 Å². The Kier molecular flexibility index (Phi) is 4.60. The van der Waals surface area contributed by atoms with Crippen molar-refractivity contribution in [3.63, 3.8) is 0 Å². The minimum absolute atomic E-state index is 0.00485. The first kappa shape index (κ1) is 15.9. The first-order valence-corrected chi connectivity index (χ1v) is 7.75. The van der Waals surface area contributed by atoms with Gasteiger partial charge in [-0.1, -0.05) is 32.4 Å². The fraction of sp³-hybridized carbons (Fsp3) is 0.611. The molecule has 0 bridgehead atoms. The summed E-state index contributed by atoms with van der Waals surface area (Å²) in [6.07, 6.45) is 4.15. The van der Waals surface area contributed by atoms with Crippen LogP contribution in [0.15, 0.2) is 28.2 Å². The second kappa shape index (κ2) is 6.08. The van der Waals surface area contributed by atoms with Crippen LogP contribution in [0.5, 0.6) is 0 Å². The molecule has 1 aromatic rings. The molecule has 1 fully saturated rings. The number of aryl methyl sites for hydroxylation is 1. The molecule has 0 aromatic carbocycles. The number of ether oxygens (including phenoxy) is 1. The van der Waals surface area contributed by atoms with Crippen molar-refractivity contribution >= 4 is 5.97 Å². The number of esters is 1. The number of hydrogen-bond donors (Lipinski definition) is 0. The molecule has 0 radical (unpaired) electrons. The summed E-state index contributed by atoms with van der Waals surface area (Å²) in [5.74, 6) is 1.83. The Morgan fingerprint density at radius 2 is 2.00 bits per heavy atom. The van der Waals surface area contributed by atoms with Crippen molar-refractivity contribution in [3.05, 3.63) is 35.3 Å². The molecule has 3 heteroatoms. The van der Waals surface area contributed by atoms with E-state index in [4.69, 9.17) is 9.15 Å². The molecule has 1 heterocycles. The highest BCUT2D eigenvalue weighted by molar-refractivity contribution is 5.78. The molecule has 1 aromatic heterocycles. The van der Waals surface area contributed by atoms with Gasteiger partial charge in [0.1, 0.15) is 18.1 Å². The third-order valence-corrected chi connectivity index (χ3v) is 4.25. The average Bonchev–Trinajstić information content (AvgIpc) is 2.75. The molecule has 0 saturated heterocycles. The highest BCUT2D eigenvalue weighted by Crippen LogP contribution is 2.59. The van der Waals surface area contributed by atoms with E-state index >= 15 is 0 Å². The predicted molar refractivity (Wildman–Crippen MR) is 82.7 cm³/mol. The molecule has 0 spiro atoms. The van der Waals surface area contributed by atoms with Crippen LogP contribution >= 0.6 is 0 Å². The van der Waals surface area contributed by atoms with Crippen LogP contribution in [0.2, 0.25) is 0 Å². The zero-order valence-electron chi connectivity index (χ0n) is 13.7. The van der Waals surface area contributed by atoms with Crippen molar-refractivity contribution < 1.29 is 13.9 Å². The SMILES string of the molecule is CCCc1ccc(COC(=O)C2C(C=C(C)C)C2(C)C)o1. The van der Waals surface area contributed by atoms with Gasteiger partial charge in [0.2, 0.25) is 0 Å². The summed E-state index contributed by atoms with van der Waals surface area (Å²) in [4.78, 5) is 12.2. The highest BCUT2D eigenvalue weighted by Gasteiger charge is 2.61. The van der Waals surface area contributed by atoms with Crippen molar-refractivity contribution in [2.24, 2.45) is 17.3 Å². The predicted octanol–water partition coefficient (Wildman–Crippen LogP) is 4.51. The molecule has 1 saturated carbocycles. The smallest absolute Gasteiger partial charge is 0.310 e. The zero-order valence-corrected chi connectivity index (χ0v) is 13.7. The molecule has 3 nitrogen and oxygen atoms in total. The molecular weight excluding hydrogens is 264 g/mol. The largest absolute Gasteiger partial charge is 0.462 e. The molecular formula is C18H26O3. The Hall–Kier alpha value is -1.51. The van der Waals surface area contributed by atoms with Crippen molar-refractivity contribution in [1.82, 2.24) is 0 Å². The average molecular weight is 290 g/mol. The molecule has 116 valence electrons. The van der Waals surface area contributed by atoms with Crippen molar-refractivity contribution in [3.8, 4) is 0 Å². The quantitative estimate of drug-likeness (QED) is 0.571. The van der Waals surface area contributed by atoms with Crippen LogP contribution in [0.4, 0.5) is 0 Å². The molecule has 21 heavy (non-hydrogen) atoms. The Morgan fingerprint density at radius 1 is 1.33 bits per heavy atom. The summed E-state index contributed by atoms with van der Waals surface area (Å²) >= 11 is 0. The second-order valence-electron chi connectivity index (χ2n) is 6.79. The van der Waals surface area contributed by atoms with E-state index in [2.05, 4.69) is 40.7 Å². The van der Waals surface area contributed by atoms with E-state index in [1.165, 1.54) is 5.57 Å². The Balaban J connectivity index is 1.89. The maximum absolute atomic E-state index is 12.2. The molecule has 1 aliphatic carbocycles. The van der Waals surface area contributed by atoms with Gasteiger partial charge in [0, 0.05) is 6.42 Å². The van der Waals surface area contributed by atoms with Gasteiger partial charge >= 0.3 is 5.97 Å². The first-order chi connectivity index (χ1) is 9.86. The van der Waals surface area contributed by atoms with Crippen LogP contribution < -0.4 is 0 Å². The monoisotopic (exact) mass is 290 g/mol. The molecule has 2 atom stereocenters. The maximum atomic E-state index is 12.2. The van der Waals surface area contributed by atoms with Crippen molar-refractivity contribution in [2.75, 3.05) is 0 Å². The minimum atomic E-state index is -0.115. The second-order valence-corrected chi connectivity index (χ2v) is 6.79. The normalized spacial score (nSPS) is 22.7. The number of rotatable bonds is 6. The molecule has 0 N–H and O–H groups in total. The summed E-state index contributed by atoms with van der Waals surface area (Å²) in [7, 11) is 0. The Labute approximate surface area is 127 Å². The van der Waals surface area contributed by atoms with Gasteiger partial charge in [-0.05, 0) is 43.7 Å². The van der Waals surface area contributed by atoms with Gasteiger partial charge in [0.25, 0.3) is 0 Å². The van der Waals surface area contributed by atoms with Gasteiger partial charge in [-0.25, -0.2) is 0 Å². The Morgan fingerprint density at radius 3 is 2.62 bits per heavy atom. The van der Waals surface area contributed by atoms with Crippen LogP contribution in [0.3, 0.4) is 0 Å². The third kappa shape index (κ3) is 3.58. The van der Waals surface area contributed by atoms with Crippen molar-refractivity contribution in [1.29, 1.82) is 0 Å². The van der Waals surface area contributed by atoms with Gasteiger partial charge < -0.3 is 9.15 Å². The topological polar surface area (TPSA) is 39.4 Å². The first-order valence-electron chi connectivity index (χ1n) is 7.75. The summed E-state index contributed by atoms with van der Waals surface area (Å²) in [6.45, 7) is 10.7. The number of furan rings is 1. The molecule has 2 unspecified atom stereocenters. The molecule has 0 amide bonds. The third-order valence-electron chi connectivity index (χ3n) is 4.25. The van der Waals surface area contributed by atoms with Gasteiger partial charge in [0.15, 0.2) is 0 Å². The van der Waals surface area contributed by atoms with Crippen molar-refractivity contribution in [2.45, 2.75) is 54.1 Å². The van der Waals surface area contributed by atoms with Gasteiger partial charge in [-0.15, -0.1) is 0 Å². The van der Waals surface area contributed by atoms with Gasteiger partial charge in [0.05, 0.1) is 5.92 Å². The lowest BCUT2D eigenvalue weighted by molar-refractivity contribution is -0.148. The summed E-state index contributed by atoms with van der Waals surface area (Å²) in [5, 5.41) is 0. The molecule has 2 rings (SSSR count). The molecule has 0 aliphatic heterocycles. The maximum Gasteiger partial charge on any atom is 0.310 e. The van der Waals surface area contributed by atoms with E-state index in [0.29, 0.717) is 5.92 Å². The fourth-order valence-corrected chi connectivity index (χ4v) is 2.91. The Bertz CT molecular complexity index is 532. The van der Waals surface area contributed by atoms with E-state index < -0.39 is 0 Å². The number of allylic oxidation sites excluding steroid dienone is 2. The van der Waals surface area contributed by atoms with Gasteiger partial charge in [-0.2, -0.15) is 0 Å². The summed E-state index contributed by atoms with van der Waals surface area (Å²) < 4.78 is 11.1. The van der Waals surface area contributed by atoms with Crippen LogP contribution in [0.25, 0.3) is 0 Å². The van der Waals surface area contributed by atoms with E-state index in [0.717, 1.165) is 24.4 Å². The van der Waals surface area contributed by atoms with Crippen LogP contribution in [-0.2, 0) is 22.6 Å². The van der Waals surface area contributed by atoms with Crippen LogP contribution in [0, 0.1) is 17.3 Å². The highest BCUT2D eigenvalue weighted by atomic mass is 16.5. The van der Waals surface area contributed by atoms with E-state index in [-0.39, 0.29) is 23.9 Å². The number of hydrogen-bond acceptors (Lipinski definition) is 3. The summed E-state index contributed by atoms with van der Waals surface area (Å²) in [5.41, 5.74) is 1.25. The lowest BCUT2D eigenvalue weighted by Gasteiger charge is -2.04. The summed E-state index contributed by atoms with van der Waals surface area (Å²) in [6, 6.07) is 3.85. The minimum Gasteiger partial charge on any atom is -0.462 e. The molecule has 1 aliphatic rings. The van der Waals surface area contributed by atoms with E-state index in [1.54, 1.807) is 0 Å².